The Labute approximate surface area is 177 Å². The van der Waals surface area contributed by atoms with Gasteiger partial charge in [0.05, 0.1) is 11.5 Å². The number of sulfonamides is 1. The van der Waals surface area contributed by atoms with Crippen molar-refractivity contribution in [2.45, 2.75) is 18.4 Å². The molecule has 9 nitrogen and oxygen atoms in total. The molecule has 11 heteroatoms. The SMILES string of the molecule is CCOC(=O)N1CCN(C(=NC)NCc2cccc(S(N)(=O)=O)c2)CC1.I. The van der Waals surface area contributed by atoms with E-state index in [4.69, 9.17) is 9.88 Å². The van der Waals surface area contributed by atoms with Gasteiger partial charge in [0, 0.05) is 39.8 Å². The number of amides is 1. The molecule has 1 heterocycles. The van der Waals surface area contributed by atoms with E-state index in [1.807, 2.05) is 11.0 Å². The van der Waals surface area contributed by atoms with Crippen LogP contribution in [0.1, 0.15) is 12.5 Å². The van der Waals surface area contributed by atoms with E-state index in [9.17, 15) is 13.2 Å². The molecule has 0 radical (unpaired) electrons. The van der Waals surface area contributed by atoms with Gasteiger partial charge >= 0.3 is 6.09 Å². The van der Waals surface area contributed by atoms with Crippen LogP contribution in [0, 0.1) is 0 Å². The minimum atomic E-state index is -3.73. The van der Waals surface area contributed by atoms with E-state index >= 15 is 0 Å². The van der Waals surface area contributed by atoms with E-state index in [1.54, 1.807) is 24.9 Å². The smallest absolute Gasteiger partial charge is 0.409 e. The summed E-state index contributed by atoms with van der Waals surface area (Å²) in [6.07, 6.45) is -0.296. The molecule has 1 aliphatic rings. The van der Waals surface area contributed by atoms with Crippen LogP contribution in [0.15, 0.2) is 34.2 Å². The summed E-state index contributed by atoms with van der Waals surface area (Å²) < 4.78 is 27.9. The van der Waals surface area contributed by atoms with Crippen LogP contribution in [0.4, 0.5) is 4.79 Å². The van der Waals surface area contributed by atoms with Gasteiger partial charge < -0.3 is 19.9 Å². The second kappa shape index (κ2) is 10.7. The lowest BCUT2D eigenvalue weighted by Crippen LogP contribution is -2.53. The summed E-state index contributed by atoms with van der Waals surface area (Å²) >= 11 is 0. The third kappa shape index (κ3) is 6.81. The molecular weight excluding hydrogens is 485 g/mol. The van der Waals surface area contributed by atoms with Crippen molar-refractivity contribution in [2.24, 2.45) is 10.1 Å². The number of rotatable bonds is 4. The van der Waals surface area contributed by atoms with Crippen LogP contribution in [0.5, 0.6) is 0 Å². The van der Waals surface area contributed by atoms with Crippen molar-refractivity contribution in [3.63, 3.8) is 0 Å². The van der Waals surface area contributed by atoms with Crippen LogP contribution in [-0.4, -0.2) is 70.1 Å². The van der Waals surface area contributed by atoms with Crippen LogP contribution in [-0.2, 0) is 21.3 Å². The zero-order valence-electron chi connectivity index (χ0n) is 15.4. The lowest BCUT2D eigenvalue weighted by Gasteiger charge is -2.35. The second-order valence-corrected chi connectivity index (χ2v) is 7.33. The molecule has 0 bridgehead atoms. The van der Waals surface area contributed by atoms with Gasteiger partial charge in [0.25, 0.3) is 0 Å². The zero-order valence-corrected chi connectivity index (χ0v) is 18.6. The van der Waals surface area contributed by atoms with Crippen molar-refractivity contribution in [1.82, 2.24) is 15.1 Å². The fourth-order valence-corrected chi connectivity index (χ4v) is 3.25. The van der Waals surface area contributed by atoms with Gasteiger partial charge in [-0.15, -0.1) is 24.0 Å². The first-order valence-corrected chi connectivity index (χ1v) is 9.88. The summed E-state index contributed by atoms with van der Waals surface area (Å²) in [5, 5.41) is 8.37. The molecular formula is C16H26IN5O4S. The maximum Gasteiger partial charge on any atom is 0.409 e. The van der Waals surface area contributed by atoms with Gasteiger partial charge in [0.2, 0.25) is 10.0 Å². The normalized spacial score (nSPS) is 15.1. The average Bonchev–Trinajstić information content (AvgIpc) is 2.62. The number of hydrogen-bond acceptors (Lipinski definition) is 5. The van der Waals surface area contributed by atoms with Crippen molar-refractivity contribution in [1.29, 1.82) is 0 Å². The Balaban J connectivity index is 0.00000364. The maximum absolute atomic E-state index is 11.7. The fraction of sp³-hybridized carbons (Fsp3) is 0.500. The van der Waals surface area contributed by atoms with Crippen molar-refractivity contribution >= 4 is 46.1 Å². The predicted octanol–water partition coefficient (Wildman–Crippen LogP) is 0.802. The van der Waals surface area contributed by atoms with Crippen molar-refractivity contribution in [3.05, 3.63) is 29.8 Å². The van der Waals surface area contributed by atoms with Crippen LogP contribution < -0.4 is 10.5 Å². The number of piperazine rings is 1. The lowest BCUT2D eigenvalue weighted by atomic mass is 10.2. The summed E-state index contributed by atoms with van der Waals surface area (Å²) in [5.41, 5.74) is 0.780. The standard InChI is InChI=1S/C16H25N5O4S.HI/c1-3-25-16(22)21-9-7-20(8-10-21)15(18-2)19-12-13-5-4-6-14(11-13)26(17,23)24;/h4-6,11H,3,7-10,12H2,1-2H3,(H,18,19)(H2,17,23,24);1H. The molecule has 1 saturated heterocycles. The number of carbonyl (C=O) groups excluding carboxylic acids is 1. The Morgan fingerprint density at radius 1 is 1.26 bits per heavy atom. The number of halogens is 1. The number of primary sulfonamides is 1. The molecule has 1 amide bonds. The van der Waals surface area contributed by atoms with Gasteiger partial charge in [-0.05, 0) is 24.6 Å². The van der Waals surface area contributed by atoms with E-state index in [2.05, 4.69) is 10.3 Å². The number of nitrogens with one attached hydrogen (secondary N) is 1. The van der Waals surface area contributed by atoms with Crippen LogP contribution in [0.3, 0.4) is 0 Å². The minimum absolute atomic E-state index is 0. The number of guanidine groups is 1. The highest BCUT2D eigenvalue weighted by Crippen LogP contribution is 2.10. The molecule has 27 heavy (non-hydrogen) atoms. The highest BCUT2D eigenvalue weighted by Gasteiger charge is 2.23. The molecule has 3 N–H and O–H groups in total. The molecule has 1 aliphatic heterocycles. The summed E-state index contributed by atoms with van der Waals surface area (Å²) in [7, 11) is -2.05. The monoisotopic (exact) mass is 511 g/mol. The van der Waals surface area contributed by atoms with Gasteiger partial charge in [-0.3, -0.25) is 4.99 Å². The van der Waals surface area contributed by atoms with Crippen molar-refractivity contribution < 1.29 is 17.9 Å². The Kier molecular flexibility index (Phi) is 9.26. The lowest BCUT2D eigenvalue weighted by molar-refractivity contribution is 0.0914. The second-order valence-electron chi connectivity index (χ2n) is 5.77. The number of nitrogens with zero attached hydrogens (tertiary/aromatic N) is 3. The number of carbonyl (C=O) groups is 1. The van der Waals surface area contributed by atoms with Gasteiger partial charge in [-0.2, -0.15) is 0 Å². The van der Waals surface area contributed by atoms with Gasteiger partial charge in [-0.1, -0.05) is 12.1 Å². The number of nitrogens with two attached hydrogens (primary N) is 1. The Bertz CT molecular complexity index is 764. The molecule has 1 aromatic carbocycles. The first-order valence-electron chi connectivity index (χ1n) is 8.34. The Morgan fingerprint density at radius 3 is 2.44 bits per heavy atom. The van der Waals surface area contributed by atoms with E-state index < -0.39 is 10.0 Å². The Hall–Kier alpha value is -1.60. The first kappa shape index (κ1) is 23.4. The molecule has 0 saturated carbocycles. The molecule has 0 aromatic heterocycles. The average molecular weight is 511 g/mol. The molecule has 0 spiro atoms. The van der Waals surface area contributed by atoms with Gasteiger partial charge in [0.1, 0.15) is 0 Å². The van der Waals surface area contributed by atoms with Crippen molar-refractivity contribution in [2.75, 3.05) is 39.8 Å². The molecule has 1 fully saturated rings. The van der Waals surface area contributed by atoms with Crippen LogP contribution in [0.2, 0.25) is 0 Å². The minimum Gasteiger partial charge on any atom is -0.450 e. The zero-order chi connectivity index (χ0) is 19.2. The van der Waals surface area contributed by atoms with E-state index in [0.29, 0.717) is 45.3 Å². The van der Waals surface area contributed by atoms with Gasteiger partial charge in [0.15, 0.2) is 5.96 Å². The molecule has 152 valence electrons. The third-order valence-corrected chi connectivity index (χ3v) is 4.91. The molecule has 0 aliphatic carbocycles. The summed E-state index contributed by atoms with van der Waals surface area (Å²) in [6, 6.07) is 6.46. The number of hydrogen-bond donors (Lipinski definition) is 2. The largest absolute Gasteiger partial charge is 0.450 e. The number of aliphatic imine (C=N–C) groups is 1. The molecule has 0 atom stereocenters. The van der Waals surface area contributed by atoms with Gasteiger partial charge in [-0.25, -0.2) is 18.4 Å². The summed E-state index contributed by atoms with van der Waals surface area (Å²) in [5.74, 6) is 0.689. The molecule has 2 rings (SSSR count). The quantitative estimate of drug-likeness (QED) is 0.351. The third-order valence-electron chi connectivity index (χ3n) is 3.99. The summed E-state index contributed by atoms with van der Waals surface area (Å²) in [6.45, 7) is 4.94. The van der Waals surface area contributed by atoms with Crippen molar-refractivity contribution in [3.8, 4) is 0 Å². The topological polar surface area (TPSA) is 117 Å². The summed E-state index contributed by atoms with van der Waals surface area (Å²) in [4.78, 5) is 19.8. The number of benzene rings is 1. The highest BCUT2D eigenvalue weighted by molar-refractivity contribution is 14.0. The van der Waals surface area contributed by atoms with Crippen LogP contribution in [0.25, 0.3) is 0 Å². The van der Waals surface area contributed by atoms with E-state index in [-0.39, 0.29) is 35.0 Å². The fourth-order valence-electron chi connectivity index (χ4n) is 2.66. The molecule has 1 aromatic rings. The predicted molar refractivity (Wildman–Crippen MR) is 114 cm³/mol. The van der Waals surface area contributed by atoms with E-state index in [0.717, 1.165) is 5.56 Å². The maximum atomic E-state index is 11.7. The van der Waals surface area contributed by atoms with E-state index in [1.165, 1.54) is 12.1 Å². The van der Waals surface area contributed by atoms with Crippen LogP contribution >= 0.6 is 24.0 Å². The first-order chi connectivity index (χ1) is 12.3. The number of ether oxygens (including phenoxy) is 1. The highest BCUT2D eigenvalue weighted by atomic mass is 127. The Morgan fingerprint density at radius 2 is 1.89 bits per heavy atom. The molecule has 0 unspecified atom stereocenters.